The molecule has 0 aromatic heterocycles. The van der Waals surface area contributed by atoms with Gasteiger partial charge in [-0.1, -0.05) is 84.9 Å². The van der Waals surface area contributed by atoms with Crippen molar-refractivity contribution in [1.29, 1.82) is 0 Å². The Morgan fingerprint density at radius 2 is 1.27 bits per heavy atom. The topological polar surface area (TPSA) is 114 Å². The zero-order chi connectivity index (χ0) is 28.3. The fourth-order valence-electron chi connectivity index (χ4n) is 5.61. The number of carbonyl (C=O) groups excluding carboxylic acids is 2. The molecule has 0 saturated carbocycles. The van der Waals surface area contributed by atoms with Gasteiger partial charge in [-0.05, 0) is 40.8 Å². The van der Waals surface area contributed by atoms with Crippen LogP contribution < -0.4 is 15.4 Å². The van der Waals surface area contributed by atoms with E-state index < -0.39 is 24.1 Å². The molecule has 206 valence electrons. The Morgan fingerprint density at radius 1 is 0.756 bits per heavy atom. The smallest absolute Gasteiger partial charge is 0.407 e. The lowest BCUT2D eigenvalue weighted by molar-refractivity contribution is -0.139. The van der Waals surface area contributed by atoms with Crippen molar-refractivity contribution in [3.63, 3.8) is 0 Å². The van der Waals surface area contributed by atoms with Gasteiger partial charge in [0.1, 0.15) is 24.1 Å². The highest BCUT2D eigenvalue weighted by molar-refractivity contribution is 5.83. The summed E-state index contributed by atoms with van der Waals surface area (Å²) in [5.74, 6) is -0.434. The van der Waals surface area contributed by atoms with Crippen molar-refractivity contribution in [1.82, 2.24) is 10.6 Å². The summed E-state index contributed by atoms with van der Waals surface area (Å²) in [7, 11) is 0. The van der Waals surface area contributed by atoms with E-state index in [1.807, 2.05) is 97.1 Å². The van der Waals surface area contributed by atoms with Crippen LogP contribution in [0.2, 0.25) is 0 Å². The van der Waals surface area contributed by atoms with Crippen LogP contribution in [-0.4, -0.2) is 35.7 Å². The van der Waals surface area contributed by atoms with Crippen LogP contribution in [0.5, 0.6) is 11.5 Å². The minimum absolute atomic E-state index is 0.0647. The first-order chi connectivity index (χ1) is 20.0. The van der Waals surface area contributed by atoms with Gasteiger partial charge in [-0.2, -0.15) is 0 Å². The van der Waals surface area contributed by atoms with Gasteiger partial charge in [-0.15, -0.1) is 0 Å². The number of carbonyl (C=O) groups is 3. The highest BCUT2D eigenvalue weighted by Crippen LogP contribution is 2.45. The fraction of sp³-hybridized carbons (Fsp3) is 0.182. The highest BCUT2D eigenvalue weighted by Gasteiger charge is 2.31. The summed E-state index contributed by atoms with van der Waals surface area (Å²) in [5, 5.41) is 15.2. The second-order valence-corrected chi connectivity index (χ2v) is 10.1. The quantitative estimate of drug-likeness (QED) is 0.258. The van der Waals surface area contributed by atoms with Gasteiger partial charge in [0.05, 0.1) is 6.04 Å². The molecule has 1 aliphatic carbocycles. The van der Waals surface area contributed by atoms with Gasteiger partial charge in [0.15, 0.2) is 0 Å². The van der Waals surface area contributed by atoms with E-state index in [2.05, 4.69) is 10.6 Å². The average molecular weight is 549 g/mol. The van der Waals surface area contributed by atoms with Crippen molar-refractivity contribution < 1.29 is 29.0 Å². The fourth-order valence-corrected chi connectivity index (χ4v) is 5.61. The first-order valence-electron chi connectivity index (χ1n) is 13.5. The van der Waals surface area contributed by atoms with E-state index in [0.717, 1.165) is 33.4 Å². The molecule has 41 heavy (non-hydrogen) atoms. The number of ether oxygens (including phenoxy) is 2. The van der Waals surface area contributed by atoms with Crippen molar-refractivity contribution >= 4 is 18.0 Å². The van der Waals surface area contributed by atoms with Crippen molar-refractivity contribution in [3.8, 4) is 22.6 Å². The molecule has 4 aromatic rings. The highest BCUT2D eigenvalue weighted by atomic mass is 16.5. The van der Waals surface area contributed by atoms with E-state index in [4.69, 9.17) is 9.47 Å². The molecule has 0 bridgehead atoms. The molecule has 0 spiro atoms. The maximum atomic E-state index is 13.0. The van der Waals surface area contributed by atoms with Gasteiger partial charge >= 0.3 is 12.1 Å². The van der Waals surface area contributed by atoms with Crippen LogP contribution in [0.3, 0.4) is 0 Å². The van der Waals surface area contributed by atoms with Crippen LogP contribution >= 0.6 is 0 Å². The molecule has 8 heteroatoms. The second kappa shape index (κ2) is 11.2. The number of carboxylic acids is 1. The normalized spacial score (nSPS) is 14.0. The molecule has 1 aliphatic heterocycles. The summed E-state index contributed by atoms with van der Waals surface area (Å²) in [6.45, 7) is 0.0647. The summed E-state index contributed by atoms with van der Waals surface area (Å²) < 4.78 is 11.5. The monoisotopic (exact) mass is 548 g/mol. The van der Waals surface area contributed by atoms with E-state index >= 15 is 0 Å². The molecular weight excluding hydrogens is 520 g/mol. The maximum absolute atomic E-state index is 13.0. The van der Waals surface area contributed by atoms with E-state index in [9.17, 15) is 19.5 Å². The Hall–Kier alpha value is -5.11. The van der Waals surface area contributed by atoms with Crippen LogP contribution in [0.15, 0.2) is 97.1 Å². The van der Waals surface area contributed by atoms with Crippen LogP contribution in [-0.2, 0) is 14.3 Å². The van der Waals surface area contributed by atoms with Crippen molar-refractivity contribution in [3.05, 3.63) is 119 Å². The van der Waals surface area contributed by atoms with Gasteiger partial charge in [-0.25, -0.2) is 9.59 Å². The van der Waals surface area contributed by atoms with E-state index in [1.54, 1.807) is 0 Å². The van der Waals surface area contributed by atoms with Crippen molar-refractivity contribution in [2.75, 3.05) is 6.61 Å². The molecule has 1 atom stereocenters. The van der Waals surface area contributed by atoms with Crippen molar-refractivity contribution in [2.24, 2.45) is 0 Å². The number of hydrogen-bond donors (Lipinski definition) is 3. The third-order valence-corrected chi connectivity index (χ3v) is 7.58. The first kappa shape index (κ1) is 26.1. The number of amides is 2. The standard InChI is InChI=1S/C33H28N2O6/c36-30(35-31-24-13-5-7-15-28(24)41-29-16-8-6-14-25(29)31)18-17-27(32(37)38)34-33(39)40-19-26-22-11-3-1-9-20(22)21-10-2-4-12-23(21)26/h1-16,26-27,31H,17-19H2,(H,34,39)(H,35,36)(H,37,38)/t27-/m1/s1. The minimum Gasteiger partial charge on any atom is -0.480 e. The number of alkyl carbamates (subject to hydrolysis) is 1. The summed E-state index contributed by atoms with van der Waals surface area (Å²) in [5.41, 5.74) is 5.94. The van der Waals surface area contributed by atoms with Crippen LogP contribution in [0, 0.1) is 0 Å². The molecule has 0 radical (unpaired) electrons. The molecule has 0 saturated heterocycles. The molecule has 2 amide bonds. The Morgan fingerprint density at radius 3 is 1.83 bits per heavy atom. The zero-order valence-corrected chi connectivity index (χ0v) is 22.1. The molecular formula is C33H28N2O6. The van der Waals surface area contributed by atoms with E-state index in [0.29, 0.717) is 11.5 Å². The molecule has 3 N–H and O–H groups in total. The predicted molar refractivity (Wildman–Crippen MR) is 152 cm³/mol. The molecule has 6 rings (SSSR count). The Kier molecular flexibility index (Phi) is 7.12. The summed E-state index contributed by atoms with van der Waals surface area (Å²) >= 11 is 0. The summed E-state index contributed by atoms with van der Waals surface area (Å²) in [4.78, 5) is 37.6. The maximum Gasteiger partial charge on any atom is 0.407 e. The SMILES string of the molecule is O=C(CC[C@@H](NC(=O)OCC1c2ccccc2-c2ccccc21)C(=O)O)NC1c2ccccc2Oc2ccccc21. The summed E-state index contributed by atoms with van der Waals surface area (Å²) in [6, 6.07) is 29.1. The number of nitrogens with one attached hydrogen (secondary N) is 2. The first-order valence-corrected chi connectivity index (χ1v) is 13.5. The number of hydrogen-bond acceptors (Lipinski definition) is 5. The van der Waals surface area contributed by atoms with Gasteiger partial charge in [-0.3, -0.25) is 4.79 Å². The Labute approximate surface area is 236 Å². The second-order valence-electron chi connectivity index (χ2n) is 10.1. The number of fused-ring (bicyclic) bond motifs is 5. The van der Waals surface area contributed by atoms with Gasteiger partial charge in [0.2, 0.25) is 5.91 Å². The van der Waals surface area contributed by atoms with Crippen LogP contribution in [0.4, 0.5) is 4.79 Å². The molecule has 0 fully saturated rings. The minimum atomic E-state index is -1.29. The van der Waals surface area contributed by atoms with Gasteiger partial charge in [0, 0.05) is 23.5 Å². The number of benzene rings is 4. The molecule has 0 unspecified atom stereocenters. The molecule has 8 nitrogen and oxygen atoms in total. The summed E-state index contributed by atoms with van der Waals surface area (Å²) in [6.07, 6.45) is -1.05. The lowest BCUT2D eigenvalue weighted by Gasteiger charge is -2.29. The lowest BCUT2D eigenvalue weighted by atomic mass is 9.94. The van der Waals surface area contributed by atoms with Crippen molar-refractivity contribution in [2.45, 2.75) is 30.8 Å². The third-order valence-electron chi connectivity index (χ3n) is 7.58. The largest absolute Gasteiger partial charge is 0.480 e. The van der Waals surface area contributed by atoms with Gasteiger partial charge in [0.25, 0.3) is 0 Å². The molecule has 2 aliphatic rings. The average Bonchev–Trinajstić information content (AvgIpc) is 3.31. The number of carboxylic acid groups (broad SMARTS) is 1. The predicted octanol–water partition coefficient (Wildman–Crippen LogP) is 5.77. The Balaban J connectivity index is 1.07. The molecule has 1 heterocycles. The third kappa shape index (κ3) is 5.24. The van der Waals surface area contributed by atoms with E-state index in [-0.39, 0.29) is 31.3 Å². The van der Waals surface area contributed by atoms with Crippen LogP contribution in [0.25, 0.3) is 11.1 Å². The number of rotatable bonds is 8. The zero-order valence-electron chi connectivity index (χ0n) is 22.1. The lowest BCUT2D eigenvalue weighted by Crippen LogP contribution is -2.42. The molecule has 4 aromatic carbocycles. The van der Waals surface area contributed by atoms with Crippen LogP contribution in [0.1, 0.15) is 47.1 Å². The van der Waals surface area contributed by atoms with Gasteiger partial charge < -0.3 is 25.2 Å². The van der Waals surface area contributed by atoms with E-state index in [1.165, 1.54) is 0 Å². The Bertz CT molecular complexity index is 1540. The number of aliphatic carboxylic acids is 1. The number of para-hydroxylation sites is 2.